The van der Waals surface area contributed by atoms with Crippen molar-refractivity contribution in [2.45, 2.75) is 26.7 Å². The number of aliphatic imine (C=N–C) groups is 1. The normalized spacial score (nSPS) is 16.6. The van der Waals surface area contributed by atoms with E-state index in [1.54, 1.807) is 4.68 Å². The van der Waals surface area contributed by atoms with Gasteiger partial charge in [0.2, 0.25) is 0 Å². The minimum atomic E-state index is -0.231. The van der Waals surface area contributed by atoms with Gasteiger partial charge in [-0.25, -0.2) is 9.67 Å². The second-order valence-corrected chi connectivity index (χ2v) is 8.06. The van der Waals surface area contributed by atoms with E-state index in [1.165, 1.54) is 6.21 Å². The number of ketones is 1. The lowest BCUT2D eigenvalue weighted by molar-refractivity contribution is -0.117. The van der Waals surface area contributed by atoms with Gasteiger partial charge in [-0.2, -0.15) is 5.10 Å². The van der Waals surface area contributed by atoms with Gasteiger partial charge < -0.3 is 5.11 Å². The molecule has 1 N–H and O–H groups in total. The van der Waals surface area contributed by atoms with Crippen LogP contribution < -0.4 is 0 Å². The van der Waals surface area contributed by atoms with Crippen molar-refractivity contribution in [2.75, 3.05) is 0 Å². The smallest absolute Gasteiger partial charge is 0.168 e. The highest BCUT2D eigenvalue weighted by molar-refractivity contribution is 6.14. The predicted molar refractivity (Wildman–Crippen MR) is 115 cm³/mol. The fourth-order valence-electron chi connectivity index (χ4n) is 3.55. The number of aromatic nitrogens is 2. The molecule has 5 nitrogen and oxygen atoms in total. The number of benzene rings is 2. The molecule has 1 heterocycles. The van der Waals surface area contributed by atoms with E-state index >= 15 is 0 Å². The molecule has 0 saturated heterocycles. The summed E-state index contributed by atoms with van der Waals surface area (Å²) in [6.45, 7) is 3.96. The maximum Gasteiger partial charge on any atom is 0.168 e. The predicted octanol–water partition coefficient (Wildman–Crippen LogP) is 5.44. The molecule has 3 aromatic rings. The number of aliphatic hydroxyl groups excluding tert-OH is 1. The van der Waals surface area contributed by atoms with Crippen LogP contribution >= 0.6 is 0 Å². The summed E-state index contributed by atoms with van der Waals surface area (Å²) < 4.78 is 1.74. The molecule has 0 radical (unpaired) electrons. The van der Waals surface area contributed by atoms with E-state index < -0.39 is 0 Å². The van der Waals surface area contributed by atoms with Gasteiger partial charge in [-0.15, -0.1) is 0 Å². The van der Waals surface area contributed by atoms with E-state index in [4.69, 9.17) is 5.10 Å². The summed E-state index contributed by atoms with van der Waals surface area (Å²) >= 11 is 0. The topological polar surface area (TPSA) is 67.5 Å². The van der Waals surface area contributed by atoms with Gasteiger partial charge in [-0.1, -0.05) is 62.4 Å². The maximum absolute atomic E-state index is 12.5. The third-order valence-corrected chi connectivity index (χ3v) is 4.98. The molecule has 0 amide bonds. The van der Waals surface area contributed by atoms with E-state index in [0.29, 0.717) is 18.7 Å². The molecule has 0 unspecified atom stereocenters. The first-order chi connectivity index (χ1) is 13.9. The Morgan fingerprint density at radius 3 is 2.34 bits per heavy atom. The van der Waals surface area contributed by atoms with Crippen LogP contribution in [-0.4, -0.2) is 26.9 Å². The molecule has 0 saturated carbocycles. The van der Waals surface area contributed by atoms with E-state index in [1.807, 2.05) is 80.6 Å². The Hall–Kier alpha value is -3.47. The Bertz CT molecular complexity index is 1090. The zero-order chi connectivity index (χ0) is 20.4. The van der Waals surface area contributed by atoms with Gasteiger partial charge in [-0.3, -0.25) is 4.79 Å². The molecule has 146 valence electrons. The summed E-state index contributed by atoms with van der Waals surface area (Å²) in [6.07, 6.45) is 2.33. The van der Waals surface area contributed by atoms with Crippen molar-refractivity contribution in [2.24, 2.45) is 10.4 Å². The van der Waals surface area contributed by atoms with E-state index in [2.05, 4.69) is 4.99 Å². The molecule has 0 atom stereocenters. The molecule has 0 spiro atoms. The first-order valence-corrected chi connectivity index (χ1v) is 9.63. The SMILES string of the molecule is CC1(C)CC(=O)C(/C=N/c2cc(-c3ccccc3)nn2-c2ccccc2)=C(O)C1. The third-order valence-electron chi connectivity index (χ3n) is 4.98. The summed E-state index contributed by atoms with van der Waals surface area (Å²) in [4.78, 5) is 17.0. The Kier molecular flexibility index (Phi) is 4.89. The lowest BCUT2D eigenvalue weighted by atomic mass is 9.77. The van der Waals surface area contributed by atoms with Crippen LogP contribution in [0.5, 0.6) is 0 Å². The minimum absolute atomic E-state index is 0.0865. The second kappa shape index (κ2) is 7.51. The van der Waals surface area contributed by atoms with Crippen molar-refractivity contribution in [3.05, 3.63) is 78.1 Å². The molecule has 2 aromatic carbocycles. The van der Waals surface area contributed by atoms with Crippen LogP contribution in [0.15, 0.2) is 83.1 Å². The molecule has 0 fully saturated rings. The number of hydrogen-bond acceptors (Lipinski definition) is 4. The lowest BCUT2D eigenvalue weighted by Gasteiger charge is -2.28. The number of nitrogens with zero attached hydrogens (tertiary/aromatic N) is 3. The molecule has 5 heteroatoms. The number of Topliss-reactive ketones (excluding diaryl/α,β-unsaturated/α-hetero) is 1. The van der Waals surface area contributed by atoms with Crippen LogP contribution in [0.2, 0.25) is 0 Å². The Balaban J connectivity index is 1.76. The number of carbonyl (C=O) groups is 1. The Morgan fingerprint density at radius 1 is 1.03 bits per heavy atom. The number of rotatable bonds is 4. The van der Waals surface area contributed by atoms with E-state index in [0.717, 1.165) is 16.9 Å². The fourth-order valence-corrected chi connectivity index (χ4v) is 3.55. The standard InChI is InChI=1S/C24H23N3O2/c1-24(2)14-21(28)19(22(29)15-24)16-25-23-13-20(17-9-5-3-6-10-17)26-27(23)18-11-7-4-8-12-18/h3-13,16,28H,14-15H2,1-2H3/b25-16+. The first kappa shape index (κ1) is 18.9. The fraction of sp³-hybridized carbons (Fsp3) is 0.208. The van der Waals surface area contributed by atoms with Crippen LogP contribution in [0, 0.1) is 5.41 Å². The Morgan fingerprint density at radius 2 is 1.69 bits per heavy atom. The highest BCUT2D eigenvalue weighted by Crippen LogP contribution is 2.35. The van der Waals surface area contributed by atoms with Gasteiger partial charge in [0.1, 0.15) is 5.76 Å². The number of para-hydroxylation sites is 1. The molecular weight excluding hydrogens is 362 g/mol. The van der Waals surface area contributed by atoms with Gasteiger partial charge in [0.25, 0.3) is 0 Å². The number of aliphatic hydroxyl groups is 1. The van der Waals surface area contributed by atoms with Gasteiger partial charge >= 0.3 is 0 Å². The number of carbonyl (C=O) groups excluding carboxylic acids is 1. The van der Waals surface area contributed by atoms with Crippen molar-refractivity contribution in [1.82, 2.24) is 9.78 Å². The van der Waals surface area contributed by atoms with Gasteiger partial charge in [0.15, 0.2) is 11.6 Å². The summed E-state index contributed by atoms with van der Waals surface area (Å²) in [7, 11) is 0. The quantitative estimate of drug-likeness (QED) is 0.608. The zero-order valence-electron chi connectivity index (χ0n) is 16.5. The molecule has 0 bridgehead atoms. The molecule has 1 aromatic heterocycles. The molecule has 4 rings (SSSR count). The highest BCUT2D eigenvalue weighted by atomic mass is 16.3. The van der Waals surface area contributed by atoms with Gasteiger partial charge in [0.05, 0.1) is 17.0 Å². The molecule has 1 aliphatic rings. The van der Waals surface area contributed by atoms with Crippen LogP contribution in [0.4, 0.5) is 5.82 Å². The lowest BCUT2D eigenvalue weighted by Crippen LogP contribution is -2.26. The number of hydrogen-bond donors (Lipinski definition) is 1. The minimum Gasteiger partial charge on any atom is -0.511 e. The van der Waals surface area contributed by atoms with Gasteiger partial charge in [-0.05, 0) is 17.5 Å². The summed E-state index contributed by atoms with van der Waals surface area (Å²) in [5, 5.41) is 15.1. The summed E-state index contributed by atoms with van der Waals surface area (Å²) in [5.74, 6) is 0.605. The average molecular weight is 385 g/mol. The second-order valence-electron chi connectivity index (χ2n) is 8.06. The summed E-state index contributed by atoms with van der Waals surface area (Å²) in [5.41, 5.74) is 2.69. The van der Waals surface area contributed by atoms with E-state index in [-0.39, 0.29) is 22.5 Å². The molecule has 0 aliphatic heterocycles. The highest BCUT2D eigenvalue weighted by Gasteiger charge is 2.32. The van der Waals surface area contributed by atoms with Crippen molar-refractivity contribution in [1.29, 1.82) is 0 Å². The number of allylic oxidation sites excluding steroid dienone is 2. The monoisotopic (exact) mass is 385 g/mol. The van der Waals surface area contributed by atoms with Crippen LogP contribution in [-0.2, 0) is 4.79 Å². The average Bonchev–Trinajstić information content (AvgIpc) is 3.12. The van der Waals surface area contributed by atoms with Crippen LogP contribution in [0.1, 0.15) is 26.7 Å². The maximum atomic E-state index is 12.5. The third kappa shape index (κ3) is 4.04. The van der Waals surface area contributed by atoms with E-state index in [9.17, 15) is 9.90 Å². The van der Waals surface area contributed by atoms with Crippen molar-refractivity contribution >= 4 is 17.8 Å². The van der Waals surface area contributed by atoms with Gasteiger partial charge in [0, 0.05) is 30.7 Å². The largest absolute Gasteiger partial charge is 0.511 e. The molecule has 1 aliphatic carbocycles. The zero-order valence-corrected chi connectivity index (χ0v) is 16.5. The van der Waals surface area contributed by atoms with Crippen molar-refractivity contribution < 1.29 is 9.90 Å². The molecule has 29 heavy (non-hydrogen) atoms. The Labute approximate surface area is 170 Å². The van der Waals surface area contributed by atoms with Crippen LogP contribution in [0.3, 0.4) is 0 Å². The van der Waals surface area contributed by atoms with Crippen molar-refractivity contribution in [3.8, 4) is 16.9 Å². The van der Waals surface area contributed by atoms with Crippen LogP contribution in [0.25, 0.3) is 16.9 Å². The summed E-state index contributed by atoms with van der Waals surface area (Å²) in [6, 6.07) is 21.5. The van der Waals surface area contributed by atoms with Crippen molar-refractivity contribution in [3.63, 3.8) is 0 Å². The molecular formula is C24H23N3O2. The first-order valence-electron chi connectivity index (χ1n) is 9.63.